The topological polar surface area (TPSA) is 76.1 Å². The van der Waals surface area contributed by atoms with Crippen molar-refractivity contribution in [3.8, 4) is 0 Å². The Labute approximate surface area is 148 Å². The number of nitrogens with one attached hydrogen (secondary N) is 2. The highest BCUT2D eigenvalue weighted by Gasteiger charge is 2.15. The number of hydrogen-bond donors (Lipinski definition) is 2. The van der Waals surface area contributed by atoms with Crippen LogP contribution in [0, 0.1) is 6.92 Å². The van der Waals surface area contributed by atoms with E-state index in [-0.39, 0.29) is 5.97 Å². The molecule has 0 spiro atoms. The SMILES string of the molecule is CCOC(=O)c1ccc(Nc2cc(NC3CCCC3)nc(C)n2)cc1. The highest BCUT2D eigenvalue weighted by atomic mass is 16.5. The van der Waals surface area contributed by atoms with Crippen molar-refractivity contribution in [2.75, 3.05) is 17.2 Å². The van der Waals surface area contributed by atoms with Gasteiger partial charge in [-0.1, -0.05) is 12.8 Å². The molecule has 1 aliphatic carbocycles. The molecule has 0 bridgehead atoms. The quantitative estimate of drug-likeness (QED) is 0.772. The summed E-state index contributed by atoms with van der Waals surface area (Å²) in [7, 11) is 0. The molecule has 6 heteroatoms. The van der Waals surface area contributed by atoms with Gasteiger partial charge in [-0.25, -0.2) is 14.8 Å². The van der Waals surface area contributed by atoms with Crippen LogP contribution in [0.1, 0.15) is 48.8 Å². The van der Waals surface area contributed by atoms with E-state index >= 15 is 0 Å². The van der Waals surface area contributed by atoms with Gasteiger partial charge in [-0.3, -0.25) is 0 Å². The van der Waals surface area contributed by atoms with Crippen molar-refractivity contribution in [2.24, 2.45) is 0 Å². The number of anilines is 3. The van der Waals surface area contributed by atoms with E-state index in [0.29, 0.717) is 24.0 Å². The maximum absolute atomic E-state index is 11.7. The van der Waals surface area contributed by atoms with Gasteiger partial charge >= 0.3 is 5.97 Å². The average Bonchev–Trinajstić information content (AvgIpc) is 3.08. The van der Waals surface area contributed by atoms with E-state index in [4.69, 9.17) is 4.74 Å². The molecular formula is C19H24N4O2. The fraction of sp³-hybridized carbons (Fsp3) is 0.421. The maximum atomic E-state index is 11.7. The van der Waals surface area contributed by atoms with E-state index in [9.17, 15) is 4.79 Å². The van der Waals surface area contributed by atoms with Crippen LogP contribution in [-0.2, 0) is 4.74 Å². The third-order valence-corrected chi connectivity index (χ3v) is 4.21. The van der Waals surface area contributed by atoms with Crippen LogP contribution in [0.3, 0.4) is 0 Å². The molecule has 1 fully saturated rings. The lowest BCUT2D eigenvalue weighted by molar-refractivity contribution is 0.0526. The normalized spacial score (nSPS) is 14.3. The molecule has 1 aliphatic rings. The summed E-state index contributed by atoms with van der Waals surface area (Å²) in [4.78, 5) is 20.6. The molecule has 0 saturated heterocycles. The summed E-state index contributed by atoms with van der Waals surface area (Å²) in [5.74, 6) is 1.99. The molecule has 1 aromatic heterocycles. The molecule has 3 rings (SSSR count). The molecule has 0 unspecified atom stereocenters. The molecule has 0 aliphatic heterocycles. The Kier molecular flexibility index (Phi) is 5.48. The standard InChI is InChI=1S/C19H24N4O2/c1-3-25-19(24)14-8-10-16(11-9-14)23-18-12-17(20-13(2)21-18)22-15-6-4-5-7-15/h8-12,15H,3-7H2,1-2H3,(H2,20,21,22,23). The Morgan fingerprint density at radius 2 is 1.84 bits per heavy atom. The van der Waals surface area contributed by atoms with Crippen LogP contribution in [0.4, 0.5) is 17.3 Å². The van der Waals surface area contributed by atoms with Gasteiger partial charge < -0.3 is 15.4 Å². The maximum Gasteiger partial charge on any atom is 0.338 e. The summed E-state index contributed by atoms with van der Waals surface area (Å²) in [6.45, 7) is 4.05. The van der Waals surface area contributed by atoms with Gasteiger partial charge in [0.2, 0.25) is 0 Å². The first-order valence-electron chi connectivity index (χ1n) is 8.80. The van der Waals surface area contributed by atoms with Crippen LogP contribution in [0.2, 0.25) is 0 Å². The minimum absolute atomic E-state index is 0.310. The fourth-order valence-electron chi connectivity index (χ4n) is 3.04. The third-order valence-electron chi connectivity index (χ3n) is 4.21. The number of esters is 1. The molecule has 2 aromatic rings. The highest BCUT2D eigenvalue weighted by molar-refractivity contribution is 5.89. The van der Waals surface area contributed by atoms with E-state index in [1.54, 1.807) is 19.1 Å². The van der Waals surface area contributed by atoms with Crippen molar-refractivity contribution >= 4 is 23.3 Å². The highest BCUT2D eigenvalue weighted by Crippen LogP contribution is 2.23. The van der Waals surface area contributed by atoms with Crippen molar-refractivity contribution in [2.45, 2.75) is 45.6 Å². The number of ether oxygens (including phenoxy) is 1. The average molecular weight is 340 g/mol. The van der Waals surface area contributed by atoms with Gasteiger partial charge in [0.05, 0.1) is 12.2 Å². The fourth-order valence-corrected chi connectivity index (χ4v) is 3.04. The second-order valence-corrected chi connectivity index (χ2v) is 6.23. The zero-order valence-electron chi connectivity index (χ0n) is 14.7. The smallest absolute Gasteiger partial charge is 0.338 e. The third kappa shape index (κ3) is 4.68. The minimum Gasteiger partial charge on any atom is -0.462 e. The van der Waals surface area contributed by atoms with Crippen LogP contribution in [0.25, 0.3) is 0 Å². The Bertz CT molecular complexity index is 725. The Hall–Kier alpha value is -2.63. The van der Waals surface area contributed by atoms with Crippen molar-refractivity contribution in [1.29, 1.82) is 0 Å². The van der Waals surface area contributed by atoms with Gasteiger partial charge in [0.1, 0.15) is 17.5 Å². The second-order valence-electron chi connectivity index (χ2n) is 6.23. The first-order chi connectivity index (χ1) is 12.1. The first kappa shape index (κ1) is 17.2. The molecule has 6 nitrogen and oxygen atoms in total. The zero-order valence-corrected chi connectivity index (χ0v) is 14.7. The lowest BCUT2D eigenvalue weighted by Gasteiger charge is -2.14. The monoisotopic (exact) mass is 340 g/mol. The summed E-state index contributed by atoms with van der Waals surface area (Å²) in [6, 6.07) is 9.59. The second kappa shape index (κ2) is 7.96. The summed E-state index contributed by atoms with van der Waals surface area (Å²) in [5, 5.41) is 6.76. The van der Waals surface area contributed by atoms with Crippen LogP contribution in [-0.4, -0.2) is 28.6 Å². The Morgan fingerprint density at radius 1 is 1.16 bits per heavy atom. The number of aromatic nitrogens is 2. The molecule has 1 aromatic carbocycles. The lowest BCUT2D eigenvalue weighted by atomic mass is 10.2. The Balaban J connectivity index is 1.69. The first-order valence-corrected chi connectivity index (χ1v) is 8.80. The summed E-state index contributed by atoms with van der Waals surface area (Å²) < 4.78 is 4.99. The number of benzene rings is 1. The molecule has 0 atom stereocenters. The van der Waals surface area contributed by atoms with Gasteiger partial charge in [-0.2, -0.15) is 0 Å². The van der Waals surface area contributed by atoms with Crippen LogP contribution in [0.5, 0.6) is 0 Å². The largest absolute Gasteiger partial charge is 0.462 e. The van der Waals surface area contributed by atoms with Crippen LogP contribution in [0.15, 0.2) is 30.3 Å². The Morgan fingerprint density at radius 3 is 2.52 bits per heavy atom. The van der Waals surface area contributed by atoms with Crippen LogP contribution >= 0.6 is 0 Å². The van der Waals surface area contributed by atoms with Crippen molar-refractivity contribution in [3.05, 3.63) is 41.7 Å². The van der Waals surface area contributed by atoms with Crippen molar-refractivity contribution < 1.29 is 9.53 Å². The molecule has 2 N–H and O–H groups in total. The summed E-state index contributed by atoms with van der Waals surface area (Å²) in [5.41, 5.74) is 1.40. The minimum atomic E-state index is -0.310. The summed E-state index contributed by atoms with van der Waals surface area (Å²) >= 11 is 0. The summed E-state index contributed by atoms with van der Waals surface area (Å²) in [6.07, 6.45) is 4.95. The number of rotatable bonds is 6. The van der Waals surface area contributed by atoms with Gasteiger partial charge in [-0.05, 0) is 51.0 Å². The van der Waals surface area contributed by atoms with E-state index in [1.165, 1.54) is 25.7 Å². The van der Waals surface area contributed by atoms with Crippen molar-refractivity contribution in [3.63, 3.8) is 0 Å². The molecule has 0 amide bonds. The predicted molar refractivity (Wildman–Crippen MR) is 98.3 cm³/mol. The number of hydrogen-bond acceptors (Lipinski definition) is 6. The zero-order chi connectivity index (χ0) is 17.6. The number of carbonyl (C=O) groups is 1. The van der Waals surface area contributed by atoms with Gasteiger partial charge in [0, 0.05) is 17.8 Å². The lowest BCUT2D eigenvalue weighted by Crippen LogP contribution is -2.16. The van der Waals surface area contributed by atoms with E-state index in [1.807, 2.05) is 25.1 Å². The van der Waals surface area contributed by atoms with Gasteiger partial charge in [0.15, 0.2) is 0 Å². The molecule has 132 valence electrons. The molecule has 25 heavy (non-hydrogen) atoms. The number of carbonyl (C=O) groups excluding carboxylic acids is 1. The molecule has 1 heterocycles. The molecule has 1 saturated carbocycles. The van der Waals surface area contributed by atoms with Gasteiger partial charge in [0.25, 0.3) is 0 Å². The number of aryl methyl sites for hydroxylation is 1. The van der Waals surface area contributed by atoms with E-state index in [0.717, 1.165) is 17.3 Å². The molecular weight excluding hydrogens is 316 g/mol. The van der Waals surface area contributed by atoms with Crippen LogP contribution < -0.4 is 10.6 Å². The van der Waals surface area contributed by atoms with E-state index in [2.05, 4.69) is 20.6 Å². The molecule has 0 radical (unpaired) electrons. The number of nitrogens with zero attached hydrogens (tertiary/aromatic N) is 2. The van der Waals surface area contributed by atoms with Gasteiger partial charge in [-0.15, -0.1) is 0 Å². The van der Waals surface area contributed by atoms with Crippen molar-refractivity contribution in [1.82, 2.24) is 9.97 Å². The van der Waals surface area contributed by atoms with E-state index < -0.39 is 0 Å². The predicted octanol–water partition coefficient (Wildman–Crippen LogP) is 4.06.